The van der Waals surface area contributed by atoms with E-state index in [-0.39, 0.29) is 17.6 Å². The fraction of sp³-hybridized carbons (Fsp3) is 0.269. The zero-order chi connectivity index (χ0) is 24.4. The van der Waals surface area contributed by atoms with Crippen molar-refractivity contribution in [3.63, 3.8) is 0 Å². The summed E-state index contributed by atoms with van der Waals surface area (Å²) in [7, 11) is 1.53. The Morgan fingerprint density at radius 2 is 1.71 bits per heavy atom. The van der Waals surface area contributed by atoms with Crippen LogP contribution in [0.5, 0.6) is 0 Å². The Labute approximate surface area is 196 Å². The molecular formula is C26H27N5O3. The predicted molar refractivity (Wildman–Crippen MR) is 132 cm³/mol. The highest BCUT2D eigenvalue weighted by molar-refractivity contribution is 5.78. The number of carbonyl (C=O) groups excluding carboxylic acids is 1. The number of carbonyl (C=O) groups is 1. The predicted octanol–water partition coefficient (Wildman–Crippen LogP) is 2.91. The molecule has 0 aliphatic heterocycles. The summed E-state index contributed by atoms with van der Waals surface area (Å²) in [5.41, 5.74) is 3.06. The molecule has 0 atom stereocenters. The number of fused-ring (bicyclic) bond motifs is 1. The third-order valence-electron chi connectivity index (χ3n) is 5.83. The molecule has 0 saturated heterocycles. The van der Waals surface area contributed by atoms with E-state index in [2.05, 4.69) is 29.1 Å². The molecule has 4 rings (SSSR count). The Hall–Kier alpha value is -4.07. The largest absolute Gasteiger partial charge is 0.350 e. The van der Waals surface area contributed by atoms with Gasteiger partial charge in [-0.3, -0.25) is 18.7 Å². The highest BCUT2D eigenvalue weighted by Gasteiger charge is 2.16. The van der Waals surface area contributed by atoms with E-state index in [1.54, 1.807) is 0 Å². The van der Waals surface area contributed by atoms with Crippen molar-refractivity contribution in [2.24, 2.45) is 7.05 Å². The third kappa shape index (κ3) is 4.66. The van der Waals surface area contributed by atoms with E-state index < -0.39 is 17.2 Å². The maximum absolute atomic E-state index is 13.0. The van der Waals surface area contributed by atoms with Gasteiger partial charge < -0.3 is 5.32 Å². The van der Waals surface area contributed by atoms with Gasteiger partial charge in [0.2, 0.25) is 5.91 Å². The molecule has 2 heterocycles. The first-order valence-corrected chi connectivity index (χ1v) is 11.1. The minimum Gasteiger partial charge on any atom is -0.350 e. The lowest BCUT2D eigenvalue weighted by molar-refractivity contribution is -0.121. The number of rotatable bonds is 6. The second-order valence-electron chi connectivity index (χ2n) is 8.70. The third-order valence-corrected chi connectivity index (χ3v) is 5.83. The van der Waals surface area contributed by atoms with Gasteiger partial charge in [-0.2, -0.15) is 0 Å². The molecule has 2 aromatic carbocycles. The number of hydrogen-bond donors (Lipinski definition) is 1. The molecule has 1 amide bonds. The van der Waals surface area contributed by atoms with Crippen LogP contribution in [0.2, 0.25) is 0 Å². The molecule has 0 radical (unpaired) electrons. The lowest BCUT2D eigenvalue weighted by Crippen LogP contribution is -2.43. The van der Waals surface area contributed by atoms with Crippen LogP contribution in [0.15, 0.2) is 64.3 Å². The number of aromatic nitrogens is 4. The number of hydrogen-bond acceptors (Lipinski definition) is 5. The summed E-state index contributed by atoms with van der Waals surface area (Å²) in [5, 5.41) is 2.95. The van der Waals surface area contributed by atoms with Crippen molar-refractivity contribution in [3.05, 3.63) is 92.3 Å². The fourth-order valence-electron chi connectivity index (χ4n) is 3.68. The van der Waals surface area contributed by atoms with Crippen molar-refractivity contribution in [3.8, 4) is 11.4 Å². The highest BCUT2D eigenvalue weighted by atomic mass is 16.2. The summed E-state index contributed by atoms with van der Waals surface area (Å²) in [4.78, 5) is 47.2. The van der Waals surface area contributed by atoms with Crippen molar-refractivity contribution in [2.75, 3.05) is 0 Å². The molecule has 1 N–H and O–H groups in total. The first-order valence-electron chi connectivity index (χ1n) is 11.1. The van der Waals surface area contributed by atoms with Crippen LogP contribution in [0.3, 0.4) is 0 Å². The maximum Gasteiger partial charge on any atom is 0.332 e. The van der Waals surface area contributed by atoms with E-state index in [4.69, 9.17) is 0 Å². The van der Waals surface area contributed by atoms with Crippen molar-refractivity contribution in [2.45, 2.75) is 39.8 Å². The number of amides is 1. The number of nitrogens with zero attached hydrogens (tertiary/aromatic N) is 4. The van der Waals surface area contributed by atoms with Crippen molar-refractivity contribution < 1.29 is 4.79 Å². The molecule has 34 heavy (non-hydrogen) atoms. The average Bonchev–Trinajstić information content (AvgIpc) is 2.84. The van der Waals surface area contributed by atoms with Crippen LogP contribution < -0.4 is 16.6 Å². The Balaban J connectivity index is 1.57. The number of benzene rings is 2. The molecule has 0 unspecified atom stereocenters. The molecule has 0 bridgehead atoms. The van der Waals surface area contributed by atoms with Crippen LogP contribution in [0.25, 0.3) is 22.4 Å². The summed E-state index contributed by atoms with van der Waals surface area (Å²) in [6, 6.07) is 15.6. The molecule has 8 heteroatoms. The summed E-state index contributed by atoms with van der Waals surface area (Å²) >= 11 is 0. The van der Waals surface area contributed by atoms with Gasteiger partial charge >= 0.3 is 5.69 Å². The first kappa shape index (κ1) is 23.1. The smallest absolute Gasteiger partial charge is 0.332 e. The van der Waals surface area contributed by atoms with E-state index in [1.807, 2.05) is 55.5 Å². The monoisotopic (exact) mass is 457 g/mol. The van der Waals surface area contributed by atoms with Crippen LogP contribution in [0.4, 0.5) is 0 Å². The van der Waals surface area contributed by atoms with Crippen LogP contribution in [-0.2, 0) is 24.9 Å². The Kier molecular flexibility index (Phi) is 6.40. The molecule has 174 valence electrons. The van der Waals surface area contributed by atoms with Crippen molar-refractivity contribution in [1.82, 2.24) is 24.4 Å². The van der Waals surface area contributed by atoms with Crippen molar-refractivity contribution in [1.29, 1.82) is 0 Å². The van der Waals surface area contributed by atoms with E-state index in [0.717, 1.165) is 21.3 Å². The van der Waals surface area contributed by atoms with Crippen LogP contribution >= 0.6 is 0 Å². The first-order chi connectivity index (χ1) is 16.2. The minimum atomic E-state index is -0.609. The topological polar surface area (TPSA) is 98.9 Å². The van der Waals surface area contributed by atoms with Gasteiger partial charge in [-0.25, -0.2) is 14.8 Å². The van der Waals surface area contributed by atoms with Crippen LogP contribution in [-0.4, -0.2) is 25.0 Å². The van der Waals surface area contributed by atoms with Gasteiger partial charge in [0, 0.05) is 25.4 Å². The average molecular weight is 458 g/mol. The van der Waals surface area contributed by atoms with Gasteiger partial charge in [-0.05, 0) is 24.0 Å². The number of aryl methyl sites for hydroxylation is 2. The second-order valence-corrected chi connectivity index (χ2v) is 8.70. The van der Waals surface area contributed by atoms with Crippen LogP contribution in [0.1, 0.15) is 36.5 Å². The highest BCUT2D eigenvalue weighted by Crippen LogP contribution is 2.17. The Bertz CT molecular complexity index is 1470. The van der Waals surface area contributed by atoms with E-state index in [0.29, 0.717) is 18.3 Å². The SMILES string of the molecule is Cc1ccc(-c2ncc3c(=O)n(CC(=O)NCc4ccc(C(C)C)cc4)c(=O)n(C)c3n2)cc1. The number of nitrogens with one attached hydrogen (secondary N) is 1. The molecule has 0 aliphatic rings. The van der Waals surface area contributed by atoms with Gasteiger partial charge in [0.1, 0.15) is 11.9 Å². The van der Waals surface area contributed by atoms with E-state index in [1.165, 1.54) is 23.4 Å². The molecule has 0 aliphatic carbocycles. The van der Waals surface area contributed by atoms with Crippen LogP contribution in [0, 0.1) is 6.92 Å². The molecular weight excluding hydrogens is 430 g/mol. The second kappa shape index (κ2) is 9.43. The Morgan fingerprint density at radius 1 is 1.03 bits per heavy atom. The molecule has 0 spiro atoms. The van der Waals surface area contributed by atoms with Gasteiger partial charge in [0.05, 0.1) is 0 Å². The summed E-state index contributed by atoms with van der Waals surface area (Å²) in [6.07, 6.45) is 1.41. The van der Waals surface area contributed by atoms with E-state index >= 15 is 0 Å². The summed E-state index contributed by atoms with van der Waals surface area (Å²) in [6.45, 7) is 6.14. The summed E-state index contributed by atoms with van der Waals surface area (Å²) in [5.74, 6) is 0.418. The normalized spacial score (nSPS) is 11.2. The molecule has 0 saturated carbocycles. The lowest BCUT2D eigenvalue weighted by atomic mass is 10.0. The maximum atomic E-state index is 13.0. The van der Waals surface area contributed by atoms with Gasteiger partial charge in [0.25, 0.3) is 5.56 Å². The lowest BCUT2D eigenvalue weighted by Gasteiger charge is -2.12. The summed E-state index contributed by atoms with van der Waals surface area (Å²) < 4.78 is 2.18. The zero-order valence-electron chi connectivity index (χ0n) is 19.7. The van der Waals surface area contributed by atoms with Gasteiger partial charge in [-0.1, -0.05) is 67.9 Å². The molecule has 4 aromatic rings. The van der Waals surface area contributed by atoms with Gasteiger partial charge in [-0.15, -0.1) is 0 Å². The standard InChI is InChI=1S/C26H27N5O3/c1-16(2)19-11-7-18(8-12-19)13-27-22(32)15-31-25(33)21-14-28-23(20-9-5-17(3)6-10-20)29-24(21)30(4)26(31)34/h5-12,14,16H,13,15H2,1-4H3,(H,27,32). The van der Waals surface area contributed by atoms with Gasteiger partial charge in [0.15, 0.2) is 11.5 Å². The Morgan fingerprint density at radius 3 is 2.35 bits per heavy atom. The molecule has 2 aromatic heterocycles. The quantitative estimate of drug-likeness (QED) is 0.480. The minimum absolute atomic E-state index is 0.176. The molecule has 0 fully saturated rings. The van der Waals surface area contributed by atoms with E-state index in [9.17, 15) is 14.4 Å². The zero-order valence-corrected chi connectivity index (χ0v) is 19.7. The molecule has 8 nitrogen and oxygen atoms in total. The fourth-order valence-corrected chi connectivity index (χ4v) is 3.68. The van der Waals surface area contributed by atoms with Crippen molar-refractivity contribution >= 4 is 16.9 Å².